The number of nitrogens with zero attached hydrogens (tertiary/aromatic N) is 4. The van der Waals surface area contributed by atoms with Crippen molar-refractivity contribution in [2.75, 3.05) is 0 Å². The van der Waals surface area contributed by atoms with Gasteiger partial charge in [0.15, 0.2) is 11.5 Å². The molecule has 0 aliphatic carbocycles. The highest BCUT2D eigenvalue weighted by Gasteiger charge is 2.19. The summed E-state index contributed by atoms with van der Waals surface area (Å²) >= 11 is 13.0. The molecule has 0 atom stereocenters. The van der Waals surface area contributed by atoms with Gasteiger partial charge in [0.2, 0.25) is 5.82 Å². The van der Waals surface area contributed by atoms with Gasteiger partial charge in [-0.05, 0) is 60.7 Å². The highest BCUT2D eigenvalue weighted by molar-refractivity contribution is 9.11. The van der Waals surface area contributed by atoms with Gasteiger partial charge in [-0.25, -0.2) is 4.98 Å². The van der Waals surface area contributed by atoms with E-state index in [-0.39, 0.29) is 23.9 Å². The van der Waals surface area contributed by atoms with E-state index in [2.05, 4.69) is 41.9 Å². The number of fused-ring (bicyclic) bond motifs is 2. The molecule has 4 aromatic carbocycles. The summed E-state index contributed by atoms with van der Waals surface area (Å²) in [5.74, 6) is 0.566. The van der Waals surface area contributed by atoms with Gasteiger partial charge in [-0.3, -0.25) is 14.9 Å². The Hall–Kier alpha value is -4.32. The maximum absolute atomic E-state index is 13.5. The number of halogens is 3. The van der Waals surface area contributed by atoms with E-state index in [1.807, 2.05) is 18.2 Å². The molecule has 2 heterocycles. The molecule has 0 aliphatic rings. The zero-order valence-corrected chi connectivity index (χ0v) is 25.3. The third kappa shape index (κ3) is 5.58. The molecule has 42 heavy (non-hydrogen) atoms. The lowest BCUT2D eigenvalue weighted by atomic mass is 10.2. The summed E-state index contributed by atoms with van der Waals surface area (Å²) in [7, 11) is 0. The van der Waals surface area contributed by atoms with E-state index in [0.717, 1.165) is 24.6 Å². The van der Waals surface area contributed by atoms with Gasteiger partial charge in [0.1, 0.15) is 12.2 Å². The van der Waals surface area contributed by atoms with Crippen LogP contribution in [-0.2, 0) is 6.61 Å². The van der Waals surface area contributed by atoms with Crippen molar-refractivity contribution in [3.05, 3.63) is 130 Å². The van der Waals surface area contributed by atoms with E-state index in [4.69, 9.17) is 20.8 Å². The molecule has 6 rings (SSSR count). The van der Waals surface area contributed by atoms with Crippen molar-refractivity contribution in [2.45, 2.75) is 6.61 Å². The molecule has 0 N–H and O–H groups in total. The highest BCUT2D eigenvalue weighted by atomic mass is 79.9. The number of hydrogen-bond acceptors (Lipinski definition) is 7. The number of aromatic nitrogens is 2. The Balaban J connectivity index is 1.38. The smallest absolute Gasteiger partial charge is 0.311 e. The number of furan rings is 1. The number of nitro benzene ring substituents is 1. The Morgan fingerprint density at radius 2 is 1.88 bits per heavy atom. The van der Waals surface area contributed by atoms with Crippen LogP contribution in [-0.4, -0.2) is 20.8 Å². The van der Waals surface area contributed by atoms with Crippen LogP contribution in [0, 0.1) is 10.1 Å². The fourth-order valence-corrected chi connectivity index (χ4v) is 5.65. The number of ether oxygens (including phenoxy) is 1. The van der Waals surface area contributed by atoms with Crippen molar-refractivity contribution in [1.29, 1.82) is 0 Å². The fourth-order valence-electron chi connectivity index (χ4n) is 4.31. The molecule has 0 bridgehead atoms. The Bertz CT molecular complexity index is 2110. The molecule has 0 radical (unpaired) electrons. The van der Waals surface area contributed by atoms with Crippen LogP contribution >= 0.6 is 43.5 Å². The lowest BCUT2D eigenvalue weighted by molar-refractivity contribution is -0.385. The van der Waals surface area contributed by atoms with Crippen LogP contribution < -0.4 is 10.3 Å². The minimum Gasteiger partial charge on any atom is -0.482 e. The molecule has 208 valence electrons. The van der Waals surface area contributed by atoms with Crippen LogP contribution in [0.15, 0.2) is 108 Å². The zero-order chi connectivity index (χ0) is 29.4. The Morgan fingerprint density at radius 3 is 2.69 bits per heavy atom. The molecule has 0 aliphatic heterocycles. The molecule has 9 nitrogen and oxygen atoms in total. The van der Waals surface area contributed by atoms with Gasteiger partial charge >= 0.3 is 5.69 Å². The van der Waals surface area contributed by atoms with Gasteiger partial charge in [-0.1, -0.05) is 61.7 Å². The minimum atomic E-state index is -0.530. The lowest BCUT2D eigenvalue weighted by Crippen LogP contribution is -2.20. The second kappa shape index (κ2) is 11.5. The largest absolute Gasteiger partial charge is 0.482 e. The maximum Gasteiger partial charge on any atom is 0.311 e. The highest BCUT2D eigenvalue weighted by Crippen LogP contribution is 2.31. The lowest BCUT2D eigenvalue weighted by Gasteiger charge is -2.09. The van der Waals surface area contributed by atoms with Gasteiger partial charge < -0.3 is 9.15 Å². The normalized spacial score (nSPS) is 11.5. The third-order valence-electron chi connectivity index (χ3n) is 6.35. The molecule has 12 heteroatoms. The van der Waals surface area contributed by atoms with Crippen molar-refractivity contribution in [2.24, 2.45) is 5.10 Å². The van der Waals surface area contributed by atoms with Gasteiger partial charge in [-0.15, -0.1) is 0 Å². The van der Waals surface area contributed by atoms with Crippen LogP contribution in [0.1, 0.15) is 11.1 Å². The molecule has 2 aromatic heterocycles. The Kier molecular flexibility index (Phi) is 7.63. The molecule has 0 saturated heterocycles. The van der Waals surface area contributed by atoms with Crippen molar-refractivity contribution in [3.63, 3.8) is 0 Å². The number of hydrogen-bond donors (Lipinski definition) is 0. The first-order valence-corrected chi connectivity index (χ1v) is 14.3. The van der Waals surface area contributed by atoms with E-state index < -0.39 is 10.5 Å². The van der Waals surface area contributed by atoms with Crippen LogP contribution in [0.2, 0.25) is 5.02 Å². The van der Waals surface area contributed by atoms with Crippen molar-refractivity contribution in [3.8, 4) is 17.3 Å². The van der Waals surface area contributed by atoms with E-state index in [9.17, 15) is 14.9 Å². The fraction of sp³-hybridized carbons (Fsp3) is 0.0333. The summed E-state index contributed by atoms with van der Waals surface area (Å²) in [6, 6.07) is 23.8. The first-order valence-electron chi connectivity index (χ1n) is 12.4. The van der Waals surface area contributed by atoms with Crippen LogP contribution in [0.25, 0.3) is 33.5 Å². The minimum absolute atomic E-state index is 0.0955. The summed E-state index contributed by atoms with van der Waals surface area (Å²) in [4.78, 5) is 29.5. The number of para-hydroxylation sites is 1. The third-order valence-corrected chi connectivity index (χ3v) is 7.82. The molecule has 0 spiro atoms. The molecule has 0 saturated carbocycles. The van der Waals surface area contributed by atoms with E-state index >= 15 is 0 Å². The van der Waals surface area contributed by atoms with E-state index in [1.165, 1.54) is 18.3 Å². The summed E-state index contributed by atoms with van der Waals surface area (Å²) in [5, 5.41) is 17.9. The topological polar surface area (TPSA) is 113 Å². The number of benzene rings is 4. The van der Waals surface area contributed by atoms with Gasteiger partial charge in [-0.2, -0.15) is 9.78 Å². The maximum atomic E-state index is 13.5. The zero-order valence-electron chi connectivity index (χ0n) is 21.3. The predicted octanol–water partition coefficient (Wildman–Crippen LogP) is 8.36. The van der Waals surface area contributed by atoms with Gasteiger partial charge in [0.05, 0.1) is 22.0 Å². The first kappa shape index (κ1) is 27.8. The predicted molar refractivity (Wildman–Crippen MR) is 168 cm³/mol. The first-order chi connectivity index (χ1) is 20.3. The van der Waals surface area contributed by atoms with Gasteiger partial charge in [0.25, 0.3) is 5.56 Å². The van der Waals surface area contributed by atoms with Crippen molar-refractivity contribution in [1.82, 2.24) is 9.66 Å². The van der Waals surface area contributed by atoms with Gasteiger partial charge in [0, 0.05) is 36.5 Å². The molecule has 0 unspecified atom stereocenters. The monoisotopic (exact) mass is 706 g/mol. The second-order valence-corrected chi connectivity index (χ2v) is 11.3. The SMILES string of the molecule is O=c1c2ccccc2nc(-c2cc3cc(Cl)ccc3o2)n1N=Cc1ccc(OCc2ccc(Br)cc2Br)c([N+](=O)[O-])c1. The number of rotatable bonds is 7. The average Bonchev–Trinajstić information content (AvgIpc) is 3.39. The second-order valence-electron chi connectivity index (χ2n) is 9.12. The molecule has 0 fully saturated rings. The standard InChI is InChI=1S/C30H17Br2ClN4O5/c31-20-7-6-18(23(32)14-20)16-41-27-9-5-17(11-25(27)37(39)40)15-34-36-29(35-24-4-2-1-3-22(24)30(36)38)28-13-19-12-21(33)8-10-26(19)42-28/h1-15H,16H2. The summed E-state index contributed by atoms with van der Waals surface area (Å²) < 4.78 is 14.6. The van der Waals surface area contributed by atoms with Crippen molar-refractivity contribution < 1.29 is 14.1 Å². The quantitative estimate of drug-likeness (QED) is 0.0936. The van der Waals surface area contributed by atoms with E-state index in [1.54, 1.807) is 54.6 Å². The summed E-state index contributed by atoms with van der Waals surface area (Å²) in [6.45, 7) is 0.117. The molecule has 0 amide bonds. The van der Waals surface area contributed by atoms with Crippen LogP contribution in [0.5, 0.6) is 5.75 Å². The molecule has 6 aromatic rings. The molecular weight excluding hydrogens is 692 g/mol. The average molecular weight is 709 g/mol. The Morgan fingerprint density at radius 1 is 1.05 bits per heavy atom. The summed E-state index contributed by atoms with van der Waals surface area (Å²) in [5.41, 5.74) is 1.55. The molecular formula is C30H17Br2ClN4O5. The van der Waals surface area contributed by atoms with Crippen LogP contribution in [0.3, 0.4) is 0 Å². The Labute approximate surface area is 259 Å². The number of nitro groups is 1. The van der Waals surface area contributed by atoms with Crippen LogP contribution in [0.4, 0.5) is 5.69 Å². The summed E-state index contributed by atoms with van der Waals surface area (Å²) in [6.07, 6.45) is 1.35. The van der Waals surface area contributed by atoms with Crippen molar-refractivity contribution >= 4 is 77.2 Å². The van der Waals surface area contributed by atoms with E-state index in [0.29, 0.717) is 32.8 Å².